The van der Waals surface area contributed by atoms with Crippen molar-refractivity contribution in [2.75, 3.05) is 0 Å². The molecule has 60 valence electrons. The second kappa shape index (κ2) is 4.47. The van der Waals surface area contributed by atoms with E-state index in [1.54, 1.807) is 6.92 Å². The van der Waals surface area contributed by atoms with Crippen LogP contribution < -0.4 is 5.32 Å². The summed E-state index contributed by atoms with van der Waals surface area (Å²) in [6.07, 6.45) is 1.62. The average Bonchev–Trinajstić information content (AvgIpc) is 1.85. The quantitative estimate of drug-likeness (QED) is 0.460. The van der Waals surface area contributed by atoms with E-state index in [2.05, 4.69) is 5.32 Å². The van der Waals surface area contributed by atoms with E-state index in [0.717, 1.165) is 0 Å². The van der Waals surface area contributed by atoms with Crippen molar-refractivity contribution in [3.8, 4) is 0 Å². The van der Waals surface area contributed by atoms with Gasteiger partial charge in [0.25, 0.3) is 0 Å². The van der Waals surface area contributed by atoms with E-state index in [0.29, 0.717) is 0 Å². The summed E-state index contributed by atoms with van der Waals surface area (Å²) in [5.41, 5.74) is 1.25. The lowest BCUT2D eigenvalue weighted by Gasteiger charge is -2.16. The van der Waals surface area contributed by atoms with Crippen LogP contribution in [0.3, 0.4) is 0 Å². The molecule has 10 heavy (non-hydrogen) atoms. The molecular weight excluding hydrogens is 126 g/mol. The third kappa shape index (κ3) is 3.64. The first kappa shape index (κ1) is 9.66. The van der Waals surface area contributed by atoms with Gasteiger partial charge in [0.2, 0.25) is 0 Å². The highest BCUT2D eigenvalue weighted by molar-refractivity contribution is 5.04. The summed E-state index contributed by atoms with van der Waals surface area (Å²) in [6, 6.07) is 0.269. The van der Waals surface area contributed by atoms with Crippen molar-refractivity contribution in [3.05, 3.63) is 11.6 Å². The largest absolute Gasteiger partial charge is 0.379 e. The molecule has 0 fully saturated rings. The summed E-state index contributed by atoms with van der Waals surface area (Å²) in [5.74, 6) is 0. The number of hydrogen-bond acceptors (Lipinski definition) is 2. The Balaban J connectivity index is 3.73. The van der Waals surface area contributed by atoms with E-state index in [9.17, 15) is 0 Å². The monoisotopic (exact) mass is 143 g/mol. The predicted octanol–water partition coefficient (Wildman–Crippen LogP) is 1.27. The molecule has 0 bridgehead atoms. The van der Waals surface area contributed by atoms with E-state index in [1.165, 1.54) is 5.57 Å². The first-order valence-electron chi connectivity index (χ1n) is 3.64. The van der Waals surface area contributed by atoms with Crippen molar-refractivity contribution in [2.24, 2.45) is 0 Å². The van der Waals surface area contributed by atoms with Crippen molar-refractivity contribution in [2.45, 2.75) is 40.0 Å². The fourth-order valence-corrected chi connectivity index (χ4v) is 0.743. The number of nitrogens with one attached hydrogen (secondary N) is 1. The minimum Gasteiger partial charge on any atom is -0.379 e. The first-order chi connectivity index (χ1) is 4.57. The Labute approximate surface area is 62.9 Å². The van der Waals surface area contributed by atoms with Crippen molar-refractivity contribution in [3.63, 3.8) is 0 Å². The van der Waals surface area contributed by atoms with Crippen LogP contribution in [0.2, 0.25) is 0 Å². The zero-order valence-corrected chi connectivity index (χ0v) is 7.18. The maximum Gasteiger partial charge on any atom is 0.102 e. The molecule has 0 radical (unpaired) electrons. The highest BCUT2D eigenvalue weighted by Gasteiger charge is 2.03. The Morgan fingerprint density at radius 1 is 1.50 bits per heavy atom. The Morgan fingerprint density at radius 2 is 2.00 bits per heavy atom. The lowest BCUT2D eigenvalue weighted by atomic mass is 10.1. The predicted molar refractivity (Wildman–Crippen MR) is 43.7 cm³/mol. The van der Waals surface area contributed by atoms with Crippen LogP contribution in [0, 0.1) is 0 Å². The van der Waals surface area contributed by atoms with Gasteiger partial charge in [-0.2, -0.15) is 0 Å². The molecule has 2 heteroatoms. The standard InChI is InChI=1S/C8H17NO/c1-5-6(2)7(3)9-8(4)10/h5,7-10H,1-4H3/b6-5-/t7-,8?/m1/s1. The van der Waals surface area contributed by atoms with Gasteiger partial charge in [-0.05, 0) is 27.7 Å². The van der Waals surface area contributed by atoms with Crippen LogP contribution in [0.15, 0.2) is 11.6 Å². The molecule has 2 atom stereocenters. The summed E-state index contributed by atoms with van der Waals surface area (Å²) < 4.78 is 0. The summed E-state index contributed by atoms with van der Waals surface area (Å²) in [7, 11) is 0. The minimum absolute atomic E-state index is 0.269. The third-order valence-electron chi connectivity index (χ3n) is 1.63. The van der Waals surface area contributed by atoms with Gasteiger partial charge in [-0.3, -0.25) is 5.32 Å². The lowest BCUT2D eigenvalue weighted by molar-refractivity contribution is 0.148. The Kier molecular flexibility index (Phi) is 4.32. The van der Waals surface area contributed by atoms with E-state index < -0.39 is 6.23 Å². The lowest BCUT2D eigenvalue weighted by Crippen LogP contribution is -2.34. The number of rotatable bonds is 3. The Bertz CT molecular complexity index is 118. The van der Waals surface area contributed by atoms with Gasteiger partial charge in [0.15, 0.2) is 0 Å². The fourth-order valence-electron chi connectivity index (χ4n) is 0.743. The molecule has 0 aliphatic heterocycles. The third-order valence-corrected chi connectivity index (χ3v) is 1.63. The maximum absolute atomic E-state index is 8.93. The van der Waals surface area contributed by atoms with Gasteiger partial charge in [0.1, 0.15) is 6.23 Å². The second-order valence-electron chi connectivity index (χ2n) is 2.60. The van der Waals surface area contributed by atoms with Gasteiger partial charge in [0, 0.05) is 6.04 Å². The molecule has 0 aromatic rings. The molecule has 0 aliphatic rings. The molecule has 2 nitrogen and oxygen atoms in total. The SMILES string of the molecule is C/C=C(/C)[C@@H](C)NC(C)O. The molecule has 2 N–H and O–H groups in total. The highest BCUT2D eigenvalue weighted by Crippen LogP contribution is 1.99. The molecular formula is C8H17NO. The topological polar surface area (TPSA) is 32.3 Å². The fraction of sp³-hybridized carbons (Fsp3) is 0.750. The van der Waals surface area contributed by atoms with Crippen LogP contribution in [0.4, 0.5) is 0 Å². The first-order valence-corrected chi connectivity index (χ1v) is 3.64. The van der Waals surface area contributed by atoms with Gasteiger partial charge >= 0.3 is 0 Å². The summed E-state index contributed by atoms with van der Waals surface area (Å²) in [5, 5.41) is 11.9. The van der Waals surface area contributed by atoms with E-state index in [1.807, 2.05) is 26.8 Å². The van der Waals surface area contributed by atoms with Crippen LogP contribution in [0.25, 0.3) is 0 Å². The molecule has 0 amide bonds. The van der Waals surface area contributed by atoms with Crippen LogP contribution in [0.5, 0.6) is 0 Å². The second-order valence-corrected chi connectivity index (χ2v) is 2.60. The molecule has 0 spiro atoms. The van der Waals surface area contributed by atoms with Crippen LogP contribution >= 0.6 is 0 Å². The summed E-state index contributed by atoms with van der Waals surface area (Å²) >= 11 is 0. The van der Waals surface area contributed by atoms with E-state index in [-0.39, 0.29) is 6.04 Å². The van der Waals surface area contributed by atoms with Crippen LogP contribution in [-0.4, -0.2) is 17.4 Å². The van der Waals surface area contributed by atoms with Crippen LogP contribution in [0.1, 0.15) is 27.7 Å². The Morgan fingerprint density at radius 3 is 2.30 bits per heavy atom. The highest BCUT2D eigenvalue weighted by atomic mass is 16.3. The van der Waals surface area contributed by atoms with Gasteiger partial charge in [0.05, 0.1) is 0 Å². The number of hydrogen-bond donors (Lipinski definition) is 2. The molecule has 0 saturated carbocycles. The summed E-state index contributed by atoms with van der Waals surface area (Å²) in [4.78, 5) is 0. The number of aliphatic hydroxyl groups is 1. The molecule has 1 unspecified atom stereocenters. The summed E-state index contributed by atoms with van der Waals surface area (Å²) in [6.45, 7) is 7.79. The molecule has 0 aromatic carbocycles. The molecule has 0 heterocycles. The maximum atomic E-state index is 8.93. The number of allylic oxidation sites excluding steroid dienone is 1. The number of aliphatic hydroxyl groups excluding tert-OH is 1. The Hall–Kier alpha value is -0.340. The molecule has 0 aromatic heterocycles. The van der Waals surface area contributed by atoms with Crippen molar-refractivity contribution in [1.82, 2.24) is 5.32 Å². The van der Waals surface area contributed by atoms with E-state index >= 15 is 0 Å². The van der Waals surface area contributed by atoms with Gasteiger partial charge in [-0.25, -0.2) is 0 Å². The van der Waals surface area contributed by atoms with Crippen molar-refractivity contribution >= 4 is 0 Å². The van der Waals surface area contributed by atoms with Crippen molar-refractivity contribution < 1.29 is 5.11 Å². The van der Waals surface area contributed by atoms with Crippen LogP contribution in [-0.2, 0) is 0 Å². The normalized spacial score (nSPS) is 18.7. The molecule has 0 aliphatic carbocycles. The van der Waals surface area contributed by atoms with Gasteiger partial charge in [-0.15, -0.1) is 0 Å². The molecule has 0 rings (SSSR count). The zero-order chi connectivity index (χ0) is 8.15. The smallest absolute Gasteiger partial charge is 0.102 e. The van der Waals surface area contributed by atoms with E-state index in [4.69, 9.17) is 5.11 Å². The molecule has 0 saturated heterocycles. The minimum atomic E-state index is -0.426. The zero-order valence-electron chi connectivity index (χ0n) is 7.18. The van der Waals surface area contributed by atoms with Gasteiger partial charge < -0.3 is 5.11 Å². The van der Waals surface area contributed by atoms with Crippen molar-refractivity contribution in [1.29, 1.82) is 0 Å². The average molecular weight is 143 g/mol. The van der Waals surface area contributed by atoms with Gasteiger partial charge in [-0.1, -0.05) is 11.6 Å².